The lowest BCUT2D eigenvalue weighted by molar-refractivity contribution is -0.118. The Labute approximate surface area is 162 Å². The van der Waals surface area contributed by atoms with Crippen LogP contribution in [0.15, 0.2) is 48.7 Å². The SMILES string of the molecule is N#Cc1ccccc1NC(=O)COc1c(I)cc(Cl)c2cccnc12. The van der Waals surface area contributed by atoms with Gasteiger partial charge in [0.2, 0.25) is 0 Å². The van der Waals surface area contributed by atoms with E-state index in [0.29, 0.717) is 27.5 Å². The summed E-state index contributed by atoms with van der Waals surface area (Å²) in [5.41, 5.74) is 1.45. The largest absolute Gasteiger partial charge is 0.480 e. The molecule has 2 aromatic carbocycles. The number of nitrogens with one attached hydrogen (secondary N) is 1. The summed E-state index contributed by atoms with van der Waals surface area (Å²) < 4.78 is 6.45. The Bertz CT molecular complexity index is 1000. The van der Waals surface area contributed by atoms with Crippen LogP contribution in [0, 0.1) is 14.9 Å². The molecular weight excluding hydrogens is 453 g/mol. The lowest BCUT2D eigenvalue weighted by Crippen LogP contribution is -2.21. The van der Waals surface area contributed by atoms with Gasteiger partial charge in [0.25, 0.3) is 5.91 Å². The molecular formula is C18H11ClIN3O2. The average molecular weight is 464 g/mol. The second-order valence-corrected chi connectivity index (χ2v) is 6.63. The molecule has 1 heterocycles. The summed E-state index contributed by atoms with van der Waals surface area (Å²) in [6, 6.07) is 14.2. The van der Waals surface area contributed by atoms with Crippen molar-refractivity contribution in [3.8, 4) is 11.8 Å². The number of halogens is 2. The number of hydrogen-bond acceptors (Lipinski definition) is 4. The number of benzene rings is 2. The first-order valence-electron chi connectivity index (χ1n) is 7.24. The van der Waals surface area contributed by atoms with Crippen molar-refractivity contribution in [2.45, 2.75) is 0 Å². The zero-order chi connectivity index (χ0) is 17.8. The molecule has 7 heteroatoms. The molecule has 0 fully saturated rings. The number of nitriles is 1. The molecule has 0 saturated heterocycles. The van der Waals surface area contributed by atoms with E-state index in [1.807, 2.05) is 12.1 Å². The third-order valence-corrected chi connectivity index (χ3v) is 4.53. The van der Waals surface area contributed by atoms with Crippen molar-refractivity contribution in [3.05, 3.63) is 62.8 Å². The zero-order valence-electron chi connectivity index (χ0n) is 12.8. The van der Waals surface area contributed by atoms with Gasteiger partial charge in [-0.2, -0.15) is 5.26 Å². The molecule has 1 aromatic heterocycles. The van der Waals surface area contributed by atoms with E-state index in [2.05, 4.69) is 32.9 Å². The predicted octanol–water partition coefficient (Wildman–Crippen LogP) is 4.38. The molecule has 25 heavy (non-hydrogen) atoms. The highest BCUT2D eigenvalue weighted by atomic mass is 127. The molecule has 3 rings (SSSR count). The van der Waals surface area contributed by atoms with Crippen molar-refractivity contribution in [2.75, 3.05) is 11.9 Å². The Morgan fingerprint density at radius 3 is 2.92 bits per heavy atom. The number of para-hydroxylation sites is 1. The molecule has 1 N–H and O–H groups in total. The van der Waals surface area contributed by atoms with Gasteiger partial charge in [-0.15, -0.1) is 0 Å². The van der Waals surface area contributed by atoms with Gasteiger partial charge in [0.05, 0.1) is 19.8 Å². The number of nitrogens with zero attached hydrogens (tertiary/aromatic N) is 2. The average Bonchev–Trinajstić information content (AvgIpc) is 2.62. The second-order valence-electron chi connectivity index (χ2n) is 5.06. The maximum absolute atomic E-state index is 12.2. The first-order chi connectivity index (χ1) is 12.1. The van der Waals surface area contributed by atoms with Crippen LogP contribution >= 0.6 is 34.2 Å². The minimum Gasteiger partial charge on any atom is -0.480 e. The van der Waals surface area contributed by atoms with E-state index in [1.54, 1.807) is 42.6 Å². The fourth-order valence-electron chi connectivity index (χ4n) is 2.30. The third-order valence-electron chi connectivity index (χ3n) is 3.42. The Balaban J connectivity index is 1.79. The molecule has 0 aliphatic heterocycles. The zero-order valence-corrected chi connectivity index (χ0v) is 15.7. The van der Waals surface area contributed by atoms with Crippen LogP contribution < -0.4 is 10.1 Å². The van der Waals surface area contributed by atoms with Gasteiger partial charge >= 0.3 is 0 Å². The van der Waals surface area contributed by atoms with Crippen LogP contribution in [0.4, 0.5) is 5.69 Å². The van der Waals surface area contributed by atoms with Crippen molar-refractivity contribution in [1.82, 2.24) is 4.98 Å². The Morgan fingerprint density at radius 2 is 2.12 bits per heavy atom. The molecule has 0 saturated carbocycles. The molecule has 0 radical (unpaired) electrons. The van der Waals surface area contributed by atoms with Crippen LogP contribution in [-0.4, -0.2) is 17.5 Å². The van der Waals surface area contributed by atoms with Gasteiger partial charge in [-0.1, -0.05) is 23.7 Å². The molecule has 0 aliphatic carbocycles. The van der Waals surface area contributed by atoms with Crippen LogP contribution in [0.5, 0.6) is 5.75 Å². The third kappa shape index (κ3) is 3.83. The normalized spacial score (nSPS) is 10.3. The topological polar surface area (TPSA) is 75.0 Å². The number of pyridine rings is 1. The van der Waals surface area contributed by atoms with E-state index in [4.69, 9.17) is 21.6 Å². The standard InChI is InChI=1S/C18H11ClIN3O2/c19-13-8-14(20)18(17-12(13)5-3-7-22-17)25-10-16(24)23-15-6-2-1-4-11(15)9-21/h1-8H,10H2,(H,23,24). The molecule has 0 atom stereocenters. The second kappa shape index (κ2) is 7.68. The number of anilines is 1. The van der Waals surface area contributed by atoms with Crippen LogP contribution in [0.3, 0.4) is 0 Å². The fourth-order valence-corrected chi connectivity index (χ4v) is 3.47. The molecule has 0 unspecified atom stereocenters. The highest BCUT2D eigenvalue weighted by Crippen LogP contribution is 2.34. The van der Waals surface area contributed by atoms with Gasteiger partial charge < -0.3 is 10.1 Å². The summed E-state index contributed by atoms with van der Waals surface area (Å²) in [7, 11) is 0. The van der Waals surface area contributed by atoms with Crippen molar-refractivity contribution < 1.29 is 9.53 Å². The Kier molecular flexibility index (Phi) is 5.36. The highest BCUT2D eigenvalue weighted by molar-refractivity contribution is 14.1. The lowest BCUT2D eigenvalue weighted by atomic mass is 10.2. The number of ether oxygens (including phenoxy) is 1. The minimum absolute atomic E-state index is 0.205. The number of hydrogen-bond donors (Lipinski definition) is 1. The highest BCUT2D eigenvalue weighted by Gasteiger charge is 2.14. The van der Waals surface area contributed by atoms with Crippen molar-refractivity contribution in [1.29, 1.82) is 5.26 Å². The maximum Gasteiger partial charge on any atom is 0.262 e. The Hall–Kier alpha value is -2.37. The summed E-state index contributed by atoms with van der Waals surface area (Å²) >= 11 is 8.32. The fraction of sp³-hybridized carbons (Fsp3) is 0.0556. The van der Waals surface area contributed by atoms with E-state index in [-0.39, 0.29) is 12.5 Å². The molecule has 0 aliphatic rings. The van der Waals surface area contributed by atoms with Gasteiger partial charge in [0.15, 0.2) is 12.4 Å². The van der Waals surface area contributed by atoms with Crippen molar-refractivity contribution in [2.24, 2.45) is 0 Å². The molecule has 5 nitrogen and oxygen atoms in total. The van der Waals surface area contributed by atoms with Crippen LogP contribution in [0.1, 0.15) is 5.56 Å². The van der Waals surface area contributed by atoms with Gasteiger partial charge in [-0.05, 0) is 52.9 Å². The maximum atomic E-state index is 12.2. The first-order valence-corrected chi connectivity index (χ1v) is 8.70. The van der Waals surface area contributed by atoms with Crippen molar-refractivity contribution >= 4 is 56.7 Å². The van der Waals surface area contributed by atoms with Gasteiger partial charge in [-0.3, -0.25) is 9.78 Å². The van der Waals surface area contributed by atoms with E-state index >= 15 is 0 Å². The first kappa shape index (κ1) is 17.5. The number of carbonyl (C=O) groups is 1. The van der Waals surface area contributed by atoms with E-state index in [1.165, 1.54) is 0 Å². The number of carbonyl (C=O) groups excluding carboxylic acids is 1. The molecule has 0 bridgehead atoms. The van der Waals surface area contributed by atoms with E-state index in [0.717, 1.165) is 8.96 Å². The summed E-state index contributed by atoms with van der Waals surface area (Å²) in [5, 5.41) is 13.1. The molecule has 3 aromatic rings. The van der Waals surface area contributed by atoms with Crippen molar-refractivity contribution in [3.63, 3.8) is 0 Å². The van der Waals surface area contributed by atoms with Gasteiger partial charge in [0, 0.05) is 11.6 Å². The summed E-state index contributed by atoms with van der Waals surface area (Å²) in [4.78, 5) is 16.5. The van der Waals surface area contributed by atoms with E-state index in [9.17, 15) is 4.79 Å². The molecule has 0 spiro atoms. The molecule has 1 amide bonds. The minimum atomic E-state index is -0.363. The number of rotatable bonds is 4. The monoisotopic (exact) mass is 463 g/mol. The number of amides is 1. The van der Waals surface area contributed by atoms with Gasteiger partial charge in [-0.25, -0.2) is 0 Å². The lowest BCUT2D eigenvalue weighted by Gasteiger charge is -2.12. The van der Waals surface area contributed by atoms with Gasteiger partial charge in [0.1, 0.15) is 11.6 Å². The number of fused-ring (bicyclic) bond motifs is 1. The summed E-state index contributed by atoms with van der Waals surface area (Å²) in [5.74, 6) is 0.141. The predicted molar refractivity (Wildman–Crippen MR) is 105 cm³/mol. The quantitative estimate of drug-likeness (QED) is 0.583. The Morgan fingerprint density at radius 1 is 1.32 bits per heavy atom. The van der Waals surface area contributed by atoms with Crippen LogP contribution in [0.25, 0.3) is 10.9 Å². The summed E-state index contributed by atoms with van der Waals surface area (Å²) in [6.45, 7) is -0.205. The summed E-state index contributed by atoms with van der Waals surface area (Å²) in [6.07, 6.45) is 1.64. The van der Waals surface area contributed by atoms with E-state index < -0.39 is 0 Å². The number of aromatic nitrogens is 1. The van der Waals surface area contributed by atoms with Crippen LogP contribution in [0.2, 0.25) is 5.02 Å². The molecule has 124 valence electrons. The van der Waals surface area contributed by atoms with Crippen LogP contribution in [-0.2, 0) is 4.79 Å². The smallest absolute Gasteiger partial charge is 0.262 e.